The van der Waals surface area contributed by atoms with Gasteiger partial charge in [0, 0.05) is 96.9 Å². The Bertz CT molecular complexity index is 2530. The first-order chi connectivity index (χ1) is 40.6. The fraction of sp³-hybridized carbons (Fsp3) is 0.731. The lowest BCUT2D eigenvalue weighted by Crippen LogP contribution is -2.69. The highest BCUT2D eigenvalue weighted by Gasteiger charge is 2.61. The Labute approximate surface area is 495 Å². The molecule has 0 N–H and O–H groups in total. The highest BCUT2D eigenvalue weighted by Crippen LogP contribution is 2.39. The summed E-state index contributed by atoms with van der Waals surface area (Å²) >= 11 is 0. The minimum atomic E-state index is -2.20. The Balaban J connectivity index is 1.93. The molecule has 0 aliphatic carbocycles. The van der Waals surface area contributed by atoms with Crippen molar-refractivity contribution in [3.8, 4) is 0 Å². The Morgan fingerprint density at radius 3 is 0.713 bits per heavy atom. The lowest BCUT2D eigenvalue weighted by Gasteiger charge is -2.50. The van der Waals surface area contributed by atoms with Crippen molar-refractivity contribution in [2.45, 2.75) is 220 Å². The fourth-order valence-electron chi connectivity index (χ4n) is 9.33. The van der Waals surface area contributed by atoms with Crippen LogP contribution in [0.25, 0.3) is 0 Å². The second-order valence-corrected chi connectivity index (χ2v) is 19.5. The number of hydrogen-bond acceptors (Lipinski definition) is 35. The molecule has 35 heteroatoms. The first-order valence-electron chi connectivity index (χ1n) is 26.5. The molecule has 20 atom stereocenters. The largest absolute Gasteiger partial charge is 0.463 e. The van der Waals surface area contributed by atoms with E-state index in [9.17, 15) is 67.1 Å². The number of esters is 14. The van der Waals surface area contributed by atoms with Crippen molar-refractivity contribution in [2.24, 2.45) is 0 Å². The predicted molar refractivity (Wildman–Crippen MR) is 268 cm³/mol. The molecule has 488 valence electrons. The Hall–Kier alpha value is -7.70. The minimum Gasteiger partial charge on any atom is -0.463 e. The van der Waals surface area contributed by atoms with Crippen molar-refractivity contribution in [3.05, 3.63) is 0 Å². The maximum absolute atomic E-state index is 13.2. The normalized spacial score (nSPS) is 31.9. The quantitative estimate of drug-likeness (QED) is 0.0763. The van der Waals surface area contributed by atoms with E-state index >= 15 is 0 Å². The lowest BCUT2D eigenvalue weighted by atomic mass is 9.95. The van der Waals surface area contributed by atoms with Crippen molar-refractivity contribution in [1.82, 2.24) is 0 Å². The molecule has 0 spiro atoms. The molecule has 4 aliphatic rings. The molecule has 87 heavy (non-hydrogen) atoms. The zero-order chi connectivity index (χ0) is 65.3. The third-order valence-electron chi connectivity index (χ3n) is 12.0. The van der Waals surface area contributed by atoms with Crippen LogP contribution in [-0.2, 0) is 167 Å². The zero-order valence-corrected chi connectivity index (χ0v) is 49.7. The van der Waals surface area contributed by atoms with Crippen molar-refractivity contribution >= 4 is 83.6 Å². The minimum absolute atomic E-state index is 0.745. The van der Waals surface area contributed by atoms with Crippen LogP contribution in [0.3, 0.4) is 0 Å². The van der Waals surface area contributed by atoms with E-state index in [1.54, 1.807) is 0 Å². The summed E-state index contributed by atoms with van der Waals surface area (Å²) in [6, 6.07) is 0. The van der Waals surface area contributed by atoms with E-state index in [1.807, 2.05) is 0 Å². The summed E-state index contributed by atoms with van der Waals surface area (Å²) in [5.41, 5.74) is 0. The summed E-state index contributed by atoms with van der Waals surface area (Å²) in [4.78, 5) is 178. The fourth-order valence-corrected chi connectivity index (χ4v) is 9.33. The van der Waals surface area contributed by atoms with Crippen LogP contribution in [0.15, 0.2) is 0 Å². The van der Waals surface area contributed by atoms with Crippen molar-refractivity contribution < 1.29 is 167 Å². The van der Waals surface area contributed by atoms with E-state index in [0.29, 0.717) is 0 Å². The van der Waals surface area contributed by atoms with Gasteiger partial charge in [-0.15, -0.1) is 0 Å². The molecule has 4 heterocycles. The van der Waals surface area contributed by atoms with E-state index < -0.39 is 233 Å². The maximum Gasteiger partial charge on any atom is 0.305 e. The van der Waals surface area contributed by atoms with Gasteiger partial charge < -0.3 is 99.5 Å². The molecule has 4 aliphatic heterocycles. The molecule has 0 aromatic heterocycles. The second-order valence-electron chi connectivity index (χ2n) is 19.5. The smallest absolute Gasteiger partial charge is 0.305 e. The van der Waals surface area contributed by atoms with Gasteiger partial charge in [-0.2, -0.15) is 0 Å². The third-order valence-corrected chi connectivity index (χ3v) is 12.0. The van der Waals surface area contributed by atoms with Crippen LogP contribution in [0.4, 0.5) is 0 Å². The molecule has 0 aromatic carbocycles. The van der Waals surface area contributed by atoms with E-state index in [1.165, 1.54) is 0 Å². The van der Waals surface area contributed by atoms with Gasteiger partial charge in [0.25, 0.3) is 0 Å². The van der Waals surface area contributed by atoms with Crippen LogP contribution in [0.2, 0.25) is 0 Å². The molecule has 0 bridgehead atoms. The van der Waals surface area contributed by atoms with Gasteiger partial charge >= 0.3 is 83.6 Å². The average molecular weight is 1260 g/mol. The number of rotatable bonds is 24. The first-order valence-corrected chi connectivity index (χ1v) is 26.5. The highest BCUT2D eigenvalue weighted by molar-refractivity contribution is 5.71. The predicted octanol–water partition coefficient (Wildman–Crippen LogP) is -1.76. The van der Waals surface area contributed by atoms with Gasteiger partial charge in [0.15, 0.2) is 73.8 Å². The van der Waals surface area contributed by atoms with Crippen LogP contribution >= 0.6 is 0 Å². The highest BCUT2D eigenvalue weighted by atomic mass is 16.8. The molecule has 4 saturated heterocycles. The molecule has 4 fully saturated rings. The van der Waals surface area contributed by atoms with Crippen molar-refractivity contribution in [3.63, 3.8) is 0 Å². The molecular formula is C52H70O35. The van der Waals surface area contributed by atoms with Crippen molar-refractivity contribution in [2.75, 3.05) is 26.4 Å². The van der Waals surface area contributed by atoms with Gasteiger partial charge in [0.1, 0.15) is 56.4 Å². The van der Waals surface area contributed by atoms with Gasteiger partial charge in [-0.05, 0) is 0 Å². The average Bonchev–Trinajstić information content (AvgIpc) is 2.23. The Morgan fingerprint density at radius 1 is 0.218 bits per heavy atom. The second kappa shape index (κ2) is 32.9. The summed E-state index contributed by atoms with van der Waals surface area (Å²) in [5, 5.41) is 0. The summed E-state index contributed by atoms with van der Waals surface area (Å²) < 4.78 is 121. The Morgan fingerprint density at radius 2 is 0.425 bits per heavy atom. The molecule has 0 aromatic rings. The van der Waals surface area contributed by atoms with Crippen LogP contribution in [0.5, 0.6) is 0 Å². The molecule has 0 amide bonds. The first kappa shape index (κ1) is 71.8. The van der Waals surface area contributed by atoms with E-state index in [0.717, 1.165) is 96.9 Å². The zero-order valence-electron chi connectivity index (χ0n) is 49.7. The SMILES string of the molecule is CC(=O)OCC1OC(OC2C(COC(C)=O)OC(OC3C(COC(C)=O)OC(OCC4OC(OC(C)=O)C(OC(C)=O)C(OC(C)=O)C4OC(C)=O)C(OC(C)=O)C3OC(C)=O)C(OC(C)=O)C2OC(C)=O)C(OC(C)=O)C(OC(C)=O)C1OC(C)=O. The van der Waals surface area contributed by atoms with Crippen LogP contribution < -0.4 is 0 Å². The van der Waals surface area contributed by atoms with E-state index in [4.69, 9.17) is 99.5 Å². The summed E-state index contributed by atoms with van der Waals surface area (Å²) in [6.07, 6.45) is -38.1. The molecule has 0 saturated carbocycles. The summed E-state index contributed by atoms with van der Waals surface area (Å²) in [7, 11) is 0. The molecular weight excluding hydrogens is 1180 g/mol. The number of hydrogen-bond donors (Lipinski definition) is 0. The monoisotopic (exact) mass is 1250 g/mol. The molecule has 20 unspecified atom stereocenters. The van der Waals surface area contributed by atoms with Gasteiger partial charge in [-0.1, -0.05) is 0 Å². The number of carbonyl (C=O) groups excluding carboxylic acids is 14. The molecule has 4 rings (SSSR count). The topological polar surface area (TPSA) is 433 Å². The van der Waals surface area contributed by atoms with Gasteiger partial charge in [0.05, 0.1) is 6.61 Å². The van der Waals surface area contributed by atoms with E-state index in [2.05, 4.69) is 0 Å². The standard InChI is InChI=1S/C52H70O35/c1-19(53)67-15-33-37(71-22(4)56)42(74-25(7)59)47(79-30(12)64)51(84-33)87-40-35(17-69-21(3)55)85-52(48(80-31(13)65)44(40)76-27(9)61)86-39-34(16-68-20(2)54)82-49(45(77-28(10)62)43(39)75-26(8)60)70-18-36-38(72-23(5)57)41(73-24(6)58)46(78-29(11)63)50(83-36)81-32(14)66/h33-52H,15-18H2,1-14H3. The van der Waals surface area contributed by atoms with Crippen LogP contribution in [0.1, 0.15) is 96.9 Å². The number of carbonyl (C=O) groups is 14. The van der Waals surface area contributed by atoms with Gasteiger partial charge in [-0.25, -0.2) is 0 Å². The Kier molecular flexibility index (Phi) is 27.1. The summed E-state index contributed by atoms with van der Waals surface area (Å²) in [5.74, 6) is -14.4. The van der Waals surface area contributed by atoms with E-state index in [-0.39, 0.29) is 0 Å². The van der Waals surface area contributed by atoms with Crippen LogP contribution in [-0.4, -0.2) is 233 Å². The molecule has 0 radical (unpaired) electrons. The summed E-state index contributed by atoms with van der Waals surface area (Å²) in [6.45, 7) is 9.80. The number of ether oxygens (including phenoxy) is 21. The van der Waals surface area contributed by atoms with Gasteiger partial charge in [0.2, 0.25) is 12.4 Å². The maximum atomic E-state index is 13.2. The van der Waals surface area contributed by atoms with Crippen molar-refractivity contribution in [1.29, 1.82) is 0 Å². The molecule has 35 nitrogen and oxygen atoms in total. The van der Waals surface area contributed by atoms with Crippen LogP contribution in [0, 0.1) is 0 Å². The van der Waals surface area contributed by atoms with Gasteiger partial charge in [-0.3, -0.25) is 67.1 Å². The lowest BCUT2D eigenvalue weighted by molar-refractivity contribution is -0.381. The third kappa shape index (κ3) is 21.9.